The molecule has 2 aromatic heterocycles. The summed E-state index contributed by atoms with van der Waals surface area (Å²) >= 11 is 7.26. The van der Waals surface area contributed by atoms with Crippen LogP contribution < -0.4 is 15.4 Å². The van der Waals surface area contributed by atoms with Crippen molar-refractivity contribution in [2.75, 3.05) is 17.7 Å². The third-order valence-corrected chi connectivity index (χ3v) is 5.97. The number of pyridine rings is 1. The van der Waals surface area contributed by atoms with Gasteiger partial charge in [0.25, 0.3) is 5.91 Å². The van der Waals surface area contributed by atoms with Gasteiger partial charge in [-0.25, -0.2) is 14.8 Å². The van der Waals surface area contributed by atoms with Crippen molar-refractivity contribution >= 4 is 51.5 Å². The van der Waals surface area contributed by atoms with Crippen molar-refractivity contribution < 1.29 is 37.0 Å². The number of hydrogen-bond donors (Lipinski definition) is 2. The fourth-order valence-electron chi connectivity index (χ4n) is 2.95. The molecule has 9 nitrogen and oxygen atoms in total. The van der Waals surface area contributed by atoms with Gasteiger partial charge in [-0.1, -0.05) is 35.1 Å². The first kappa shape index (κ1) is 26.9. The van der Waals surface area contributed by atoms with Gasteiger partial charge in [-0.3, -0.25) is 9.59 Å². The molecule has 0 fully saturated rings. The molecule has 14 heteroatoms. The molecule has 1 atom stereocenters. The molecule has 0 aliphatic heterocycles. The Morgan fingerprint density at radius 1 is 1.14 bits per heavy atom. The lowest BCUT2D eigenvalue weighted by atomic mass is 10.1. The van der Waals surface area contributed by atoms with Gasteiger partial charge in [0.2, 0.25) is 12.0 Å². The second-order valence-corrected chi connectivity index (χ2v) is 8.58. The maximum absolute atomic E-state index is 13.0. The van der Waals surface area contributed by atoms with E-state index in [1.54, 1.807) is 6.92 Å². The number of ether oxygens (including phenoxy) is 2. The first-order valence-corrected chi connectivity index (χ1v) is 11.2. The Kier molecular flexibility index (Phi) is 8.15. The first-order chi connectivity index (χ1) is 16.9. The highest BCUT2D eigenvalue weighted by Gasteiger charge is 2.43. The van der Waals surface area contributed by atoms with Gasteiger partial charge in [0.1, 0.15) is 5.75 Å². The zero-order chi connectivity index (χ0) is 26.6. The van der Waals surface area contributed by atoms with Crippen molar-refractivity contribution in [1.29, 1.82) is 0 Å². The van der Waals surface area contributed by atoms with Crippen LogP contribution in [0.15, 0.2) is 36.5 Å². The number of amides is 2. The molecule has 2 N–H and O–H groups in total. The molecule has 190 valence electrons. The Bertz CT molecular complexity index is 1300. The van der Waals surface area contributed by atoms with E-state index in [-0.39, 0.29) is 22.3 Å². The third kappa shape index (κ3) is 6.49. The zero-order valence-electron chi connectivity index (χ0n) is 18.9. The van der Waals surface area contributed by atoms with Crippen molar-refractivity contribution in [2.45, 2.75) is 26.1 Å². The van der Waals surface area contributed by atoms with Gasteiger partial charge in [-0.05, 0) is 25.1 Å². The van der Waals surface area contributed by atoms with Crippen molar-refractivity contribution in [3.8, 4) is 16.2 Å². The Morgan fingerprint density at radius 2 is 1.81 bits per heavy atom. The Hall–Kier alpha value is -3.71. The van der Waals surface area contributed by atoms with E-state index in [0.29, 0.717) is 27.0 Å². The maximum Gasteiger partial charge on any atom is 0.490 e. The summed E-state index contributed by atoms with van der Waals surface area (Å²) < 4.78 is 48.1. The number of anilines is 2. The van der Waals surface area contributed by atoms with Gasteiger partial charge in [-0.15, -0.1) is 0 Å². The van der Waals surface area contributed by atoms with Crippen molar-refractivity contribution in [2.24, 2.45) is 0 Å². The SMILES string of the molecule is COc1ccc(C(OC(=O)C(F)(F)F)C(=O)Nc2cc(-c3sc(NC(C)=O)nc3C)cnc2Cl)cc1. The van der Waals surface area contributed by atoms with Gasteiger partial charge in [0, 0.05) is 24.2 Å². The number of rotatable bonds is 7. The Morgan fingerprint density at radius 3 is 2.39 bits per heavy atom. The summed E-state index contributed by atoms with van der Waals surface area (Å²) in [5.41, 5.74) is 0.939. The number of carbonyl (C=O) groups excluding carboxylic acids is 3. The first-order valence-electron chi connectivity index (χ1n) is 10.0. The second kappa shape index (κ2) is 10.9. The predicted molar refractivity (Wildman–Crippen MR) is 126 cm³/mol. The summed E-state index contributed by atoms with van der Waals surface area (Å²) in [6.45, 7) is 3.03. The number of methoxy groups -OCH3 is 1. The number of hydrogen-bond acceptors (Lipinski definition) is 8. The average molecular weight is 543 g/mol. The minimum atomic E-state index is -5.32. The molecule has 0 saturated heterocycles. The standard InChI is InChI=1S/C22H18ClF3N4O5S/c1-10-17(36-21(28-10)29-11(2)31)13-8-15(18(23)27-9-13)30-19(32)16(35-20(33)22(24,25)26)12-4-6-14(34-3)7-5-12/h4-9,16H,1-3H3,(H,30,32)(H,28,29,31). The molecule has 0 radical (unpaired) electrons. The molecule has 0 aliphatic rings. The number of aryl methyl sites for hydroxylation is 1. The van der Waals surface area contributed by atoms with Gasteiger partial charge >= 0.3 is 12.1 Å². The van der Waals surface area contributed by atoms with Crippen LogP contribution in [0.5, 0.6) is 5.75 Å². The number of nitrogens with one attached hydrogen (secondary N) is 2. The molecule has 3 aromatic rings. The smallest absolute Gasteiger partial charge is 0.490 e. The van der Waals surface area contributed by atoms with Crippen molar-refractivity contribution in [3.05, 3.63) is 52.9 Å². The summed E-state index contributed by atoms with van der Waals surface area (Å²) in [6, 6.07) is 6.79. The lowest BCUT2D eigenvalue weighted by Gasteiger charge is -2.19. The van der Waals surface area contributed by atoms with Crippen LogP contribution in [-0.4, -0.2) is 41.0 Å². The number of esters is 1. The normalized spacial score (nSPS) is 12.0. The van der Waals surface area contributed by atoms with Crippen LogP contribution in [0.2, 0.25) is 5.15 Å². The number of nitrogens with zero attached hydrogens (tertiary/aromatic N) is 2. The number of alkyl halides is 3. The molecule has 3 rings (SSSR count). The van der Waals surface area contributed by atoms with E-state index in [1.165, 1.54) is 50.6 Å². The maximum atomic E-state index is 13.0. The lowest BCUT2D eigenvalue weighted by molar-refractivity contribution is -0.205. The van der Waals surface area contributed by atoms with Gasteiger partial charge < -0.3 is 20.1 Å². The molecule has 1 unspecified atom stereocenters. The van der Waals surface area contributed by atoms with Crippen LogP contribution in [0.1, 0.15) is 24.3 Å². The van der Waals surface area contributed by atoms with E-state index in [4.69, 9.17) is 16.3 Å². The van der Waals surface area contributed by atoms with Crippen molar-refractivity contribution in [3.63, 3.8) is 0 Å². The van der Waals surface area contributed by atoms with Crippen LogP contribution in [0.3, 0.4) is 0 Å². The molecule has 0 bridgehead atoms. The number of thiazole rings is 1. The zero-order valence-corrected chi connectivity index (χ0v) is 20.5. The molecule has 0 spiro atoms. The molecular weight excluding hydrogens is 525 g/mol. The fourth-order valence-corrected chi connectivity index (χ4v) is 4.10. The molecule has 1 aromatic carbocycles. The molecule has 0 saturated carbocycles. The highest BCUT2D eigenvalue weighted by Crippen LogP contribution is 2.35. The summed E-state index contributed by atoms with van der Waals surface area (Å²) in [6.07, 6.45) is -5.87. The van der Waals surface area contributed by atoms with E-state index >= 15 is 0 Å². The molecule has 2 heterocycles. The largest absolute Gasteiger partial charge is 0.497 e. The molecule has 36 heavy (non-hydrogen) atoms. The van der Waals surface area contributed by atoms with Crippen LogP contribution in [0, 0.1) is 6.92 Å². The minimum absolute atomic E-state index is 0.0376. The lowest BCUT2D eigenvalue weighted by Crippen LogP contribution is -2.32. The average Bonchev–Trinajstić information content (AvgIpc) is 3.17. The van der Waals surface area contributed by atoms with E-state index in [0.717, 1.165) is 11.3 Å². The third-order valence-electron chi connectivity index (χ3n) is 4.55. The fraction of sp³-hybridized carbons (Fsp3) is 0.227. The monoisotopic (exact) mass is 542 g/mol. The topological polar surface area (TPSA) is 120 Å². The highest BCUT2D eigenvalue weighted by molar-refractivity contribution is 7.19. The summed E-state index contributed by atoms with van der Waals surface area (Å²) in [7, 11) is 1.38. The predicted octanol–water partition coefficient (Wildman–Crippen LogP) is 4.92. The van der Waals surface area contributed by atoms with Crippen LogP contribution in [0.4, 0.5) is 24.0 Å². The van der Waals surface area contributed by atoms with E-state index in [1.807, 2.05) is 0 Å². The Labute approximate surface area is 211 Å². The summed E-state index contributed by atoms with van der Waals surface area (Å²) in [5.74, 6) is -3.57. The van der Waals surface area contributed by atoms with Crippen LogP contribution in [-0.2, 0) is 19.1 Å². The molecule has 0 aliphatic carbocycles. The summed E-state index contributed by atoms with van der Waals surface area (Å²) in [4.78, 5) is 44.7. The number of aromatic nitrogens is 2. The number of halogens is 4. The van der Waals surface area contributed by atoms with Crippen LogP contribution in [0.25, 0.3) is 10.4 Å². The molecular formula is C22H18ClF3N4O5S. The van der Waals surface area contributed by atoms with E-state index in [9.17, 15) is 27.6 Å². The van der Waals surface area contributed by atoms with Crippen LogP contribution >= 0.6 is 22.9 Å². The Balaban J connectivity index is 1.92. The van der Waals surface area contributed by atoms with Crippen molar-refractivity contribution in [1.82, 2.24) is 9.97 Å². The summed E-state index contributed by atoms with van der Waals surface area (Å²) in [5, 5.41) is 5.12. The van der Waals surface area contributed by atoms with Gasteiger partial charge in [-0.2, -0.15) is 13.2 Å². The van der Waals surface area contributed by atoms with E-state index in [2.05, 4.69) is 25.3 Å². The number of benzene rings is 1. The number of carbonyl (C=O) groups is 3. The van der Waals surface area contributed by atoms with E-state index < -0.39 is 24.2 Å². The second-order valence-electron chi connectivity index (χ2n) is 7.22. The highest BCUT2D eigenvalue weighted by atomic mass is 35.5. The quantitative estimate of drug-likeness (QED) is 0.321. The minimum Gasteiger partial charge on any atom is -0.497 e. The molecule has 2 amide bonds. The van der Waals surface area contributed by atoms with Gasteiger partial charge in [0.05, 0.1) is 23.4 Å². The van der Waals surface area contributed by atoms with Gasteiger partial charge in [0.15, 0.2) is 10.3 Å².